The van der Waals surface area contributed by atoms with Crippen LogP contribution in [-0.2, 0) is 0 Å². The van der Waals surface area contributed by atoms with Crippen LogP contribution in [0.3, 0.4) is 0 Å². The molecule has 0 unspecified atom stereocenters. The van der Waals surface area contributed by atoms with E-state index in [0.29, 0.717) is 12.1 Å². The third-order valence-electron chi connectivity index (χ3n) is 15.7. The minimum atomic E-state index is -2.45. The van der Waals surface area contributed by atoms with Crippen molar-refractivity contribution in [1.29, 1.82) is 21.0 Å². The fraction of sp³-hybridized carbons (Fsp3) is 0. The molecule has 0 saturated heterocycles. The lowest BCUT2D eigenvalue weighted by Crippen LogP contribution is -2.30. The second kappa shape index (κ2) is 30.9. The zero-order valence-corrected chi connectivity index (χ0v) is 55.7. The predicted octanol–water partition coefficient (Wildman–Crippen LogP) is 9.62. The van der Waals surface area contributed by atoms with Gasteiger partial charge in [0.15, 0.2) is 111 Å². The van der Waals surface area contributed by atoms with E-state index in [-0.39, 0.29) is 150 Å². The number of aromatic nitrogens is 6. The van der Waals surface area contributed by atoms with Crippen molar-refractivity contribution in [3.63, 3.8) is 0 Å². The van der Waals surface area contributed by atoms with E-state index < -0.39 is 128 Å². The number of fused-ring (bicyclic) bond motifs is 4. The molecule has 4 aliphatic rings. The molecule has 26 nitrogen and oxygen atoms in total. The Labute approximate surface area is 628 Å². The van der Waals surface area contributed by atoms with E-state index >= 15 is 0 Å². The molecule has 0 spiro atoms. The zero-order valence-electron chi connectivity index (χ0n) is 55.0. The number of hydrogen-bond acceptors (Lipinski definition) is 20. The summed E-state index contributed by atoms with van der Waals surface area (Å²) in [5.41, 5.74) is -7.68. The number of allylic oxidation sites excluding steroid dienone is 2. The van der Waals surface area contributed by atoms with Gasteiger partial charge in [0.1, 0.15) is 46.1 Å². The highest BCUT2D eigenvalue weighted by atomic mass is 35.5. The maximum atomic E-state index is 14.7. The van der Waals surface area contributed by atoms with Gasteiger partial charge in [-0.2, -0.15) is 20.5 Å². The lowest BCUT2D eigenvalue weighted by atomic mass is 9.80. The SMILES string of the molecule is OB(O)c1cc(F)cc(F)c1.[C-]#[N+]/C(C#N)=C1/N=c2ccc(-c3nc(-c4cc(F)cc(F)c4)nc(-c4ccc5c(c4C#N)=N/C(=C(/[N+]#[C-])c4c(F)c(F)c(F)c(F)c4F)N=5)n3)c([N+]#[C-])c2=N1.[C-]#[N+]/C(C#N)=C1/N=c2ccc(-c3nc(Cl)nc(-c4ccc5c(c4C#N)=N/C(=C(/[N+]#[C-])c4c(F)c(F)c(F)c(F)c4F)N=5)n3)c([N+]#[C-])c2=N1. The number of hydrogen-bond donors (Lipinski definition) is 2. The van der Waals surface area contributed by atoms with Crippen molar-refractivity contribution in [2.24, 2.45) is 39.9 Å². The Kier molecular flexibility index (Phi) is 20.9. The van der Waals surface area contributed by atoms with Gasteiger partial charge < -0.3 is 10.0 Å². The molecule has 4 aliphatic heterocycles. The van der Waals surface area contributed by atoms with Gasteiger partial charge in [-0.3, -0.25) is 0 Å². The highest BCUT2D eigenvalue weighted by Crippen LogP contribution is 2.37. The van der Waals surface area contributed by atoms with E-state index in [2.05, 4.69) is 98.9 Å². The Morgan fingerprint density at radius 1 is 0.360 bits per heavy atom. The standard InChI is InChI=1S/C36H7F7N12.C30H4ClF5N12.C6H5BF2O2/c1-46-21(12-45)35-49-20-7-5-17(29(47-2)30(20)52-35)34-54-32(13-8-14(37)10-15(38)9-13)53-33(55-34)16-4-6-19-28(18(16)11-44)51-36(50-19)31(48-3)22-23(39)25(41)27(43)26(42)24(22)40;1-39-15(9-38)28-42-14-7-5-11(23(40-2)24(14)45-28)27-46-26(47-30(31)48-27)10-4-6-13-22(12(10)8-37)44-29(43-13)25(41-3)16-17(32)19(34)21(36)20(35)18(16)33;8-5-1-4(7(10)11)2-6(9)3-5/h4-10H;4-7H;1-3,10-11H/b35-21-,36-31+;28-15-,29-25+;. The van der Waals surface area contributed by atoms with Crippen LogP contribution in [-0.4, -0.2) is 47.1 Å². The first-order chi connectivity index (χ1) is 54.6. The molecule has 0 atom stereocenters. The molecule has 2 N–H and O–H groups in total. The van der Waals surface area contributed by atoms with E-state index in [1.807, 2.05) is 12.1 Å². The smallest absolute Gasteiger partial charge is 0.423 e. The van der Waals surface area contributed by atoms with Gasteiger partial charge in [0.2, 0.25) is 28.1 Å². The Hall–Kier alpha value is -16.7. The molecule has 0 saturated carbocycles. The first-order valence-electron chi connectivity index (χ1n) is 30.3. The summed E-state index contributed by atoms with van der Waals surface area (Å²) in [4.78, 5) is 77.2. The number of benzene rings is 8. The Balaban J connectivity index is 0.000000187. The molecule has 0 fully saturated rings. The predicted molar refractivity (Wildman–Crippen MR) is 357 cm³/mol. The Morgan fingerprint density at radius 2 is 0.667 bits per heavy atom. The summed E-state index contributed by atoms with van der Waals surface area (Å²) in [5.74, 6) is -30.2. The second-order valence-corrected chi connectivity index (χ2v) is 22.6. The molecule has 0 radical (unpaired) electrons. The number of halogens is 15. The number of nitrogens with zero attached hydrogens (tertiary/aromatic N) is 24. The molecule has 0 bridgehead atoms. The lowest BCUT2D eigenvalue weighted by Gasteiger charge is -2.10. The molecule has 8 aromatic carbocycles. The first kappa shape index (κ1) is 77.0. The van der Waals surface area contributed by atoms with Crippen LogP contribution in [0.2, 0.25) is 5.28 Å². The molecule has 0 amide bonds. The van der Waals surface area contributed by atoms with Gasteiger partial charge in [-0.1, -0.05) is 12.1 Å². The zero-order chi connectivity index (χ0) is 82.2. The van der Waals surface area contributed by atoms with Crippen molar-refractivity contribution in [2.45, 2.75) is 0 Å². The van der Waals surface area contributed by atoms with Gasteiger partial charge in [-0.25, -0.2) is 161 Å². The van der Waals surface area contributed by atoms with Gasteiger partial charge in [-0.05, 0) is 77.7 Å². The maximum Gasteiger partial charge on any atom is 0.488 e. The summed E-state index contributed by atoms with van der Waals surface area (Å²) >= 11 is 6.21. The largest absolute Gasteiger partial charge is 0.488 e. The first-order valence-corrected chi connectivity index (χ1v) is 30.7. The van der Waals surface area contributed by atoms with Gasteiger partial charge in [0.25, 0.3) is 0 Å². The maximum absolute atomic E-state index is 14.7. The third kappa shape index (κ3) is 13.9. The summed E-state index contributed by atoms with van der Waals surface area (Å²) in [5, 5.41) is 55.0. The molecule has 10 aromatic rings. The van der Waals surface area contributed by atoms with Gasteiger partial charge in [-0.15, -0.1) is 0 Å². The summed E-state index contributed by atoms with van der Waals surface area (Å²) in [7, 11) is -1.83. The van der Waals surface area contributed by atoms with Gasteiger partial charge >= 0.3 is 18.5 Å². The molecular formula is C72H16BClF14N24O2. The van der Waals surface area contributed by atoms with Crippen molar-refractivity contribution in [3.05, 3.63) is 340 Å². The number of rotatable bonds is 8. The third-order valence-corrected chi connectivity index (χ3v) is 15.9. The highest BCUT2D eigenvalue weighted by Gasteiger charge is 2.34. The molecule has 114 heavy (non-hydrogen) atoms. The normalized spacial score (nSPS) is 13.7. The van der Waals surface area contributed by atoms with Crippen molar-refractivity contribution in [3.8, 4) is 81.2 Å². The molecule has 0 aliphatic carbocycles. The van der Waals surface area contributed by atoms with Crippen LogP contribution >= 0.6 is 11.6 Å². The highest BCUT2D eigenvalue weighted by molar-refractivity contribution is 6.58. The van der Waals surface area contributed by atoms with Crippen LogP contribution in [0.5, 0.6) is 0 Å². The topological polar surface area (TPSA) is 338 Å². The molecule has 2 aromatic heterocycles. The summed E-state index contributed by atoms with van der Waals surface area (Å²) in [6.07, 6.45) is 0. The van der Waals surface area contributed by atoms with Crippen LogP contribution in [0.1, 0.15) is 22.3 Å². The van der Waals surface area contributed by atoms with Crippen LogP contribution in [0.25, 0.3) is 97.4 Å². The molecule has 6 heterocycles. The average Bonchev–Trinajstić information content (AvgIpc) is 1.30. The van der Waals surface area contributed by atoms with E-state index in [9.17, 15) is 82.5 Å². The summed E-state index contributed by atoms with van der Waals surface area (Å²) in [6.45, 7) is 44.9. The molecular weight excluding hydrogens is 1550 g/mol. The van der Waals surface area contributed by atoms with Gasteiger partial charge in [0, 0.05) is 39.9 Å². The summed E-state index contributed by atoms with van der Waals surface area (Å²) in [6, 6.07) is 22.5. The van der Waals surface area contributed by atoms with Crippen molar-refractivity contribution in [1.82, 2.24) is 29.9 Å². The molecule has 544 valence electrons. The molecule has 14 rings (SSSR count). The minimum absolute atomic E-state index is 0.0197. The average molecular weight is 1560 g/mol. The fourth-order valence-corrected chi connectivity index (χ4v) is 10.9. The van der Waals surface area contributed by atoms with E-state index in [1.165, 1.54) is 48.5 Å². The van der Waals surface area contributed by atoms with E-state index in [4.69, 9.17) is 61.1 Å². The van der Waals surface area contributed by atoms with Crippen LogP contribution in [0.4, 0.5) is 72.8 Å². The van der Waals surface area contributed by atoms with Crippen molar-refractivity contribution >= 4 is 47.0 Å². The fourth-order valence-electron chi connectivity index (χ4n) is 10.8. The second-order valence-electron chi connectivity index (χ2n) is 22.3. The molecule has 42 heteroatoms. The number of nitriles is 4. The lowest BCUT2D eigenvalue weighted by molar-refractivity contribution is 0.376. The van der Waals surface area contributed by atoms with Crippen LogP contribution in [0.15, 0.2) is 160 Å². The van der Waals surface area contributed by atoms with Gasteiger partial charge in [0.05, 0.1) is 106 Å². The quantitative estimate of drug-likeness (QED) is 0.0358. The van der Waals surface area contributed by atoms with Crippen molar-refractivity contribution < 1.29 is 71.5 Å². The van der Waals surface area contributed by atoms with E-state index in [0.717, 1.165) is 24.3 Å². The Bertz CT molecular complexity index is 7210. The monoisotopic (exact) mass is 1560 g/mol. The Morgan fingerprint density at radius 3 is 1.01 bits per heavy atom. The van der Waals surface area contributed by atoms with E-state index in [1.54, 1.807) is 12.1 Å². The van der Waals surface area contributed by atoms with Crippen LogP contribution < -0.4 is 48.3 Å². The van der Waals surface area contributed by atoms with Crippen LogP contribution in [0, 0.1) is 166 Å². The minimum Gasteiger partial charge on any atom is -0.423 e. The van der Waals surface area contributed by atoms with Crippen molar-refractivity contribution in [2.75, 3.05) is 0 Å². The summed E-state index contributed by atoms with van der Waals surface area (Å²) < 4.78 is 195.